The molecule has 2 heterocycles. The van der Waals surface area contributed by atoms with Gasteiger partial charge in [0, 0.05) is 25.8 Å². The van der Waals surface area contributed by atoms with Crippen LogP contribution >= 0.6 is 0 Å². The van der Waals surface area contributed by atoms with Crippen LogP contribution in [0.5, 0.6) is 0 Å². The van der Waals surface area contributed by atoms with E-state index in [0.29, 0.717) is 25.8 Å². The van der Waals surface area contributed by atoms with Crippen LogP contribution in [0.25, 0.3) is 0 Å². The van der Waals surface area contributed by atoms with Gasteiger partial charge >= 0.3 is 6.03 Å². The Morgan fingerprint density at radius 1 is 1.00 bits per heavy atom. The number of rotatable bonds is 14. The molecule has 5 fully saturated rings. The zero-order valence-electron chi connectivity index (χ0n) is 31.9. The van der Waals surface area contributed by atoms with Gasteiger partial charge < -0.3 is 26.2 Å². The molecule has 5 atom stereocenters. The van der Waals surface area contributed by atoms with E-state index in [0.717, 1.165) is 49.3 Å². The molecule has 0 unspecified atom stereocenters. The van der Waals surface area contributed by atoms with Crippen molar-refractivity contribution in [1.82, 2.24) is 31.2 Å². The number of carbonyl (C=O) groups excluding carboxylic acids is 5. The van der Waals surface area contributed by atoms with Crippen molar-refractivity contribution in [3.05, 3.63) is 24.4 Å². The van der Waals surface area contributed by atoms with Crippen molar-refractivity contribution in [3.63, 3.8) is 0 Å². The number of hydrogen-bond donors (Lipinski definition) is 4. The third kappa shape index (κ3) is 8.65. The van der Waals surface area contributed by atoms with Crippen LogP contribution in [-0.4, -0.2) is 96.9 Å². The highest BCUT2D eigenvalue weighted by Crippen LogP contribution is 2.65. The first-order chi connectivity index (χ1) is 24.8. The number of urea groups is 1. The fraction of sp³-hybridized carbons (Fsp3) is 0.737. The van der Waals surface area contributed by atoms with Crippen molar-refractivity contribution in [2.75, 3.05) is 23.7 Å². The Morgan fingerprint density at radius 2 is 1.68 bits per heavy atom. The summed E-state index contributed by atoms with van der Waals surface area (Å²) in [5.41, 5.74) is -2.05. The van der Waals surface area contributed by atoms with E-state index in [-0.39, 0.29) is 40.8 Å². The van der Waals surface area contributed by atoms with Crippen molar-refractivity contribution >= 4 is 45.4 Å². The van der Waals surface area contributed by atoms with Crippen molar-refractivity contribution in [3.8, 4) is 0 Å². The Morgan fingerprint density at radius 3 is 2.26 bits per heavy atom. The Bertz CT molecular complexity index is 1700. The second kappa shape index (κ2) is 14.5. The first-order valence-electron chi connectivity index (χ1n) is 19.2. The molecule has 292 valence electrons. The number of aromatic nitrogens is 1. The lowest BCUT2D eigenvalue weighted by molar-refractivity contribution is -0.145. The van der Waals surface area contributed by atoms with Gasteiger partial charge in [-0.2, -0.15) is 0 Å². The molecule has 1 aromatic heterocycles. The lowest BCUT2D eigenvalue weighted by Gasteiger charge is -2.41. The number of pyridine rings is 1. The summed E-state index contributed by atoms with van der Waals surface area (Å²) in [6, 6.07) is 1.46. The van der Waals surface area contributed by atoms with Crippen molar-refractivity contribution in [2.24, 2.45) is 28.6 Å². The molecule has 6 rings (SSSR count). The molecule has 0 bridgehead atoms. The Balaban J connectivity index is 1.18. The van der Waals surface area contributed by atoms with Crippen LogP contribution < -0.4 is 25.6 Å². The lowest BCUT2D eigenvalue weighted by Crippen LogP contribution is -2.64. The summed E-state index contributed by atoms with van der Waals surface area (Å²) < 4.78 is 28.5. The quantitative estimate of drug-likeness (QED) is 0.209. The molecule has 4 N–H and O–H groups in total. The molecular weight excluding hydrogens is 699 g/mol. The van der Waals surface area contributed by atoms with Crippen LogP contribution in [0.1, 0.15) is 98.8 Å². The number of piperidine rings is 1. The minimum Gasteiger partial charge on any atom is -0.347 e. The maximum atomic E-state index is 14.6. The Hall–Kier alpha value is -3.75. The van der Waals surface area contributed by atoms with Crippen molar-refractivity contribution < 1.29 is 32.4 Å². The highest BCUT2D eigenvalue weighted by atomic mass is 32.2. The molecule has 15 heteroatoms. The zero-order valence-corrected chi connectivity index (χ0v) is 32.8. The van der Waals surface area contributed by atoms with Gasteiger partial charge in [-0.3, -0.25) is 23.5 Å². The molecule has 1 saturated heterocycles. The zero-order chi connectivity index (χ0) is 38.5. The van der Waals surface area contributed by atoms with Gasteiger partial charge in [0.2, 0.25) is 27.6 Å². The average molecular weight is 756 g/mol. The van der Waals surface area contributed by atoms with Crippen molar-refractivity contribution in [1.29, 1.82) is 0 Å². The number of nitrogens with zero attached hydrogens (tertiary/aromatic N) is 3. The summed E-state index contributed by atoms with van der Waals surface area (Å²) in [6.07, 6.45) is 8.73. The molecular formula is C38H57N7O7S. The topological polar surface area (TPSA) is 187 Å². The highest BCUT2D eigenvalue weighted by Gasteiger charge is 2.70. The Kier molecular flexibility index (Phi) is 10.6. The maximum Gasteiger partial charge on any atom is 0.315 e. The number of Topliss-reactive ketones (excluding diaryl/α,β-unsaturated/α-hetero) is 1. The van der Waals surface area contributed by atoms with Crippen LogP contribution in [0.15, 0.2) is 24.4 Å². The molecule has 4 saturated carbocycles. The lowest BCUT2D eigenvalue weighted by atomic mass is 9.83. The Labute approximate surface area is 313 Å². The SMILES string of the molecule is CN(c1ccccn1)S(=O)(=O)CC1(NC(=O)N[C@H](C(=O)N2C[C@H]3[C@@H]([C@H]2C(=O)N[C@@H](CC2CC2)C(=O)C(=O)NC2CC2)C3(C)C)C(C)(C)C)CCCCC1. The first kappa shape index (κ1) is 39.0. The predicted molar refractivity (Wildman–Crippen MR) is 199 cm³/mol. The number of sulfonamides is 1. The summed E-state index contributed by atoms with van der Waals surface area (Å²) in [5.74, 6) is -2.12. The van der Waals surface area contributed by atoms with E-state index < -0.39 is 68.6 Å². The average Bonchev–Trinajstić information content (AvgIpc) is 4.05. The third-order valence-electron chi connectivity index (χ3n) is 12.2. The monoisotopic (exact) mass is 755 g/mol. The summed E-state index contributed by atoms with van der Waals surface area (Å²) in [6.45, 7) is 9.94. The molecule has 1 aromatic rings. The molecule has 14 nitrogen and oxygen atoms in total. The van der Waals surface area contributed by atoms with Gasteiger partial charge in [-0.05, 0) is 72.8 Å². The van der Waals surface area contributed by atoms with Crippen molar-refractivity contribution in [2.45, 2.75) is 129 Å². The number of likely N-dealkylation sites (tertiary alicyclic amines) is 1. The standard InChI is InChI=1S/C38H57N7O7S/c1-36(2,3)31(42-35(50)43-38(17-9-7-10-18-38)22-53(51,52)44(6)27-12-8-11-19-39-27)34(49)45-21-25-28(37(25,4)5)29(45)32(47)41-26(20-23-13-14-23)30(46)33(48)40-24-15-16-24/h8,11-12,19,23-26,28-29,31H,7,9-10,13-18,20-22H2,1-6H3,(H,40,48)(H,41,47)(H2,42,43,50)/t25-,26-,28-,29-,31+/m0/s1. The van der Waals surface area contributed by atoms with E-state index in [1.54, 1.807) is 18.2 Å². The number of anilines is 1. The minimum atomic E-state index is -3.90. The van der Waals surface area contributed by atoms with Crippen LogP contribution in [0.2, 0.25) is 0 Å². The number of fused-ring (bicyclic) bond motifs is 1. The number of carbonyl (C=O) groups is 5. The van der Waals surface area contributed by atoms with Gasteiger partial charge in [0.15, 0.2) is 0 Å². The maximum absolute atomic E-state index is 14.6. The molecule has 1 aliphatic heterocycles. The van der Waals surface area contributed by atoms with E-state index in [9.17, 15) is 32.4 Å². The van der Waals surface area contributed by atoms with E-state index in [2.05, 4.69) is 40.1 Å². The molecule has 0 spiro atoms. The molecule has 0 aromatic carbocycles. The van der Waals surface area contributed by atoms with E-state index in [4.69, 9.17) is 0 Å². The largest absolute Gasteiger partial charge is 0.347 e. The van der Waals surface area contributed by atoms with Crippen LogP contribution in [0, 0.1) is 28.6 Å². The van der Waals surface area contributed by atoms with Gasteiger partial charge in [-0.25, -0.2) is 18.2 Å². The summed E-state index contributed by atoms with van der Waals surface area (Å²) in [7, 11) is -2.45. The van der Waals surface area contributed by atoms with Gasteiger partial charge in [-0.1, -0.05) is 72.8 Å². The van der Waals surface area contributed by atoms with E-state index in [1.165, 1.54) is 18.1 Å². The second-order valence-corrected chi connectivity index (χ2v) is 19.9. The smallest absolute Gasteiger partial charge is 0.315 e. The summed E-state index contributed by atoms with van der Waals surface area (Å²) >= 11 is 0. The molecule has 0 radical (unpaired) electrons. The molecule has 5 aliphatic rings. The molecule has 5 amide bonds. The molecule has 53 heavy (non-hydrogen) atoms. The normalized spacial score (nSPS) is 25.6. The number of nitrogens with one attached hydrogen (secondary N) is 4. The second-order valence-electron chi connectivity index (χ2n) is 17.9. The van der Waals surface area contributed by atoms with Crippen LogP contribution in [0.3, 0.4) is 0 Å². The number of amides is 5. The number of hydrogen-bond acceptors (Lipinski definition) is 8. The van der Waals surface area contributed by atoms with Gasteiger partial charge in [-0.15, -0.1) is 0 Å². The predicted octanol–water partition coefficient (Wildman–Crippen LogP) is 2.88. The third-order valence-corrected chi connectivity index (χ3v) is 14.2. The summed E-state index contributed by atoms with van der Waals surface area (Å²) in [5, 5.41) is 11.5. The minimum absolute atomic E-state index is 0.00375. The van der Waals surface area contributed by atoms with Gasteiger partial charge in [0.05, 0.1) is 17.3 Å². The van der Waals surface area contributed by atoms with Crippen LogP contribution in [-0.2, 0) is 29.2 Å². The highest BCUT2D eigenvalue weighted by molar-refractivity contribution is 7.92. The summed E-state index contributed by atoms with van der Waals surface area (Å²) in [4.78, 5) is 74.5. The fourth-order valence-corrected chi connectivity index (χ4v) is 10.2. The molecule has 4 aliphatic carbocycles. The fourth-order valence-electron chi connectivity index (χ4n) is 8.52. The van der Waals surface area contributed by atoms with Gasteiger partial charge in [0.25, 0.3) is 5.91 Å². The van der Waals surface area contributed by atoms with Crippen LogP contribution in [0.4, 0.5) is 10.6 Å². The van der Waals surface area contributed by atoms with E-state index in [1.807, 2.05) is 20.8 Å². The van der Waals surface area contributed by atoms with E-state index >= 15 is 0 Å². The number of ketones is 1. The van der Waals surface area contributed by atoms with Gasteiger partial charge in [0.1, 0.15) is 17.9 Å². The first-order valence-corrected chi connectivity index (χ1v) is 20.9.